The summed E-state index contributed by atoms with van der Waals surface area (Å²) in [6.45, 7) is 0.0212. The quantitative estimate of drug-likeness (QED) is 0.492. The van der Waals surface area contributed by atoms with Crippen LogP contribution in [0.2, 0.25) is 5.02 Å². The molecule has 0 bridgehead atoms. The standard InChI is InChI=1S/C22H21ClN2O5S2/c1-30-13-4-2-12(3-5-13)19-20-14-8-9-32(28,29)11-16(14)31-22(20)24-15(21(19)23)10-25-17(26)6-7-18(25)27/h2-5,28-29H,6-11H2,1H3. The second kappa shape index (κ2) is 8.00. The molecule has 7 nitrogen and oxygen atoms in total. The fraction of sp³-hybridized carbons (Fsp3) is 0.318. The van der Waals surface area contributed by atoms with E-state index >= 15 is 0 Å². The maximum atomic E-state index is 12.2. The Bertz CT molecular complexity index is 1240. The number of imide groups is 1. The number of methoxy groups -OCH3 is 1. The summed E-state index contributed by atoms with van der Waals surface area (Å²) in [4.78, 5) is 31.9. The van der Waals surface area contributed by atoms with Crippen molar-refractivity contribution in [3.05, 3.63) is 45.4 Å². The molecule has 32 heavy (non-hydrogen) atoms. The van der Waals surface area contributed by atoms with Gasteiger partial charge in [0.15, 0.2) is 0 Å². The van der Waals surface area contributed by atoms with Crippen LogP contribution in [0.1, 0.15) is 29.0 Å². The van der Waals surface area contributed by atoms with E-state index in [1.165, 1.54) is 16.2 Å². The molecule has 0 unspecified atom stereocenters. The van der Waals surface area contributed by atoms with Gasteiger partial charge in [-0.25, -0.2) is 4.98 Å². The van der Waals surface area contributed by atoms with Gasteiger partial charge in [-0.05, 0) is 29.7 Å². The number of ether oxygens (including phenoxy) is 1. The van der Waals surface area contributed by atoms with Gasteiger partial charge in [-0.1, -0.05) is 23.7 Å². The molecule has 0 saturated carbocycles. The van der Waals surface area contributed by atoms with Crippen LogP contribution >= 0.6 is 33.5 Å². The molecule has 2 aliphatic heterocycles. The first-order chi connectivity index (χ1) is 15.3. The second-order valence-corrected chi connectivity index (χ2v) is 11.7. The number of amides is 2. The third-order valence-corrected chi connectivity index (χ3v) is 9.24. The summed E-state index contributed by atoms with van der Waals surface area (Å²) in [5.74, 6) is 0.785. The Morgan fingerprint density at radius 1 is 1.16 bits per heavy atom. The minimum atomic E-state index is -2.65. The lowest BCUT2D eigenvalue weighted by molar-refractivity contribution is -0.139. The van der Waals surface area contributed by atoms with Gasteiger partial charge in [0.25, 0.3) is 0 Å². The van der Waals surface area contributed by atoms with E-state index in [0.29, 0.717) is 28.6 Å². The highest BCUT2D eigenvalue weighted by Crippen LogP contribution is 2.53. The number of hydrogen-bond acceptors (Lipinski definition) is 7. The molecule has 168 valence electrons. The van der Waals surface area contributed by atoms with Crippen molar-refractivity contribution in [2.24, 2.45) is 0 Å². The lowest BCUT2D eigenvalue weighted by Crippen LogP contribution is -2.29. The summed E-state index contributed by atoms with van der Waals surface area (Å²) in [5, 5.41) is 1.30. The summed E-state index contributed by atoms with van der Waals surface area (Å²) < 4.78 is 25.8. The van der Waals surface area contributed by atoms with Crippen LogP contribution in [0.15, 0.2) is 24.3 Å². The van der Waals surface area contributed by atoms with E-state index in [1.54, 1.807) is 7.11 Å². The number of likely N-dealkylation sites (tertiary alicyclic amines) is 1. The summed E-state index contributed by atoms with van der Waals surface area (Å²) in [6, 6.07) is 7.52. The first kappa shape index (κ1) is 21.7. The Labute approximate surface area is 195 Å². The number of aromatic nitrogens is 1. The van der Waals surface area contributed by atoms with Crippen molar-refractivity contribution in [2.45, 2.75) is 31.6 Å². The number of nitrogens with zero attached hydrogens (tertiary/aromatic N) is 2. The fourth-order valence-corrected chi connectivity index (χ4v) is 7.69. The normalized spacial score (nSPS) is 18.8. The Hall–Kier alpha value is -2.17. The van der Waals surface area contributed by atoms with E-state index in [-0.39, 0.29) is 37.0 Å². The molecule has 0 radical (unpaired) electrons. The molecular weight excluding hydrogens is 472 g/mol. The molecule has 0 spiro atoms. The Kier molecular flexibility index (Phi) is 5.42. The lowest BCUT2D eigenvalue weighted by Gasteiger charge is -2.35. The number of benzene rings is 1. The average Bonchev–Trinajstić information content (AvgIpc) is 3.27. The Balaban J connectivity index is 1.71. The van der Waals surface area contributed by atoms with Crippen LogP contribution < -0.4 is 4.74 Å². The number of pyridine rings is 1. The number of rotatable bonds is 4. The van der Waals surface area contributed by atoms with E-state index in [9.17, 15) is 18.7 Å². The molecular formula is C22H21ClN2O5S2. The highest BCUT2D eigenvalue weighted by Gasteiger charge is 2.32. The van der Waals surface area contributed by atoms with Gasteiger partial charge in [-0.2, -0.15) is 10.6 Å². The number of aryl methyl sites for hydroxylation is 1. The molecule has 2 aromatic heterocycles. The highest BCUT2D eigenvalue weighted by atomic mass is 35.5. The maximum Gasteiger partial charge on any atom is 0.230 e. The van der Waals surface area contributed by atoms with Crippen LogP contribution in [0.4, 0.5) is 0 Å². The maximum absolute atomic E-state index is 12.2. The number of halogens is 1. The third kappa shape index (κ3) is 3.68. The molecule has 0 aliphatic carbocycles. The van der Waals surface area contributed by atoms with E-state index in [2.05, 4.69) is 0 Å². The van der Waals surface area contributed by atoms with Gasteiger partial charge in [0.1, 0.15) is 10.6 Å². The van der Waals surface area contributed by atoms with Crippen molar-refractivity contribution >= 4 is 55.6 Å². The van der Waals surface area contributed by atoms with Crippen molar-refractivity contribution < 1.29 is 23.4 Å². The van der Waals surface area contributed by atoms with Crippen LogP contribution in [-0.2, 0) is 28.3 Å². The van der Waals surface area contributed by atoms with Gasteiger partial charge < -0.3 is 4.74 Å². The van der Waals surface area contributed by atoms with Crippen molar-refractivity contribution in [2.75, 3.05) is 12.9 Å². The summed E-state index contributed by atoms with van der Waals surface area (Å²) in [6.07, 6.45) is 0.936. The monoisotopic (exact) mass is 492 g/mol. The van der Waals surface area contributed by atoms with Gasteiger partial charge in [-0.3, -0.25) is 23.6 Å². The van der Waals surface area contributed by atoms with Crippen LogP contribution in [0, 0.1) is 0 Å². The summed E-state index contributed by atoms with van der Waals surface area (Å²) >= 11 is 8.31. The molecule has 10 heteroatoms. The van der Waals surface area contributed by atoms with E-state index < -0.39 is 10.6 Å². The van der Waals surface area contributed by atoms with Gasteiger partial charge >= 0.3 is 0 Å². The number of carbonyl (C=O) groups excluding carboxylic acids is 2. The molecule has 2 amide bonds. The van der Waals surface area contributed by atoms with Crippen LogP contribution in [-0.4, -0.2) is 43.7 Å². The van der Waals surface area contributed by atoms with Crippen LogP contribution in [0.3, 0.4) is 0 Å². The zero-order valence-corrected chi connectivity index (χ0v) is 19.6. The number of hydrogen-bond donors (Lipinski definition) is 2. The van der Waals surface area contributed by atoms with Gasteiger partial charge in [-0.15, -0.1) is 11.3 Å². The largest absolute Gasteiger partial charge is 0.497 e. The minimum Gasteiger partial charge on any atom is -0.497 e. The SMILES string of the molecule is COc1ccc(-c2c(Cl)c(CN3C(=O)CCC3=O)nc3sc4c(c23)CCS(O)(O)C4)cc1. The van der Waals surface area contributed by atoms with Crippen LogP contribution in [0.25, 0.3) is 21.3 Å². The lowest BCUT2D eigenvalue weighted by atomic mass is 9.97. The number of fused-ring (bicyclic) bond motifs is 3. The molecule has 2 aliphatic rings. The molecule has 5 rings (SSSR count). The van der Waals surface area contributed by atoms with Gasteiger partial charge in [0.2, 0.25) is 11.8 Å². The van der Waals surface area contributed by atoms with Gasteiger partial charge in [0.05, 0.1) is 30.1 Å². The first-order valence-electron chi connectivity index (χ1n) is 10.1. The first-order valence-corrected chi connectivity index (χ1v) is 13.2. The molecule has 4 heterocycles. The van der Waals surface area contributed by atoms with Crippen LogP contribution in [0.5, 0.6) is 5.75 Å². The molecule has 1 aromatic carbocycles. The Morgan fingerprint density at radius 2 is 1.84 bits per heavy atom. The molecule has 3 aromatic rings. The minimum absolute atomic E-state index is 0.0212. The predicted molar refractivity (Wildman–Crippen MR) is 127 cm³/mol. The van der Waals surface area contributed by atoms with E-state index in [1.807, 2.05) is 24.3 Å². The van der Waals surface area contributed by atoms with E-state index in [0.717, 1.165) is 31.8 Å². The summed E-state index contributed by atoms with van der Waals surface area (Å²) in [7, 11) is -1.05. The molecule has 1 saturated heterocycles. The molecule has 1 fully saturated rings. The highest BCUT2D eigenvalue weighted by molar-refractivity contribution is 8.23. The predicted octanol–water partition coefficient (Wildman–Crippen LogP) is 5.08. The van der Waals surface area contributed by atoms with E-state index in [4.69, 9.17) is 21.3 Å². The zero-order valence-electron chi connectivity index (χ0n) is 17.3. The number of thiophene rings is 1. The van der Waals surface area contributed by atoms with Crippen molar-refractivity contribution in [1.29, 1.82) is 0 Å². The fourth-order valence-electron chi connectivity index (χ4n) is 4.27. The zero-order chi connectivity index (χ0) is 22.6. The smallest absolute Gasteiger partial charge is 0.230 e. The molecule has 0 atom stereocenters. The Morgan fingerprint density at radius 3 is 2.50 bits per heavy atom. The molecule has 2 N–H and O–H groups in total. The van der Waals surface area contributed by atoms with Crippen molar-refractivity contribution in [3.63, 3.8) is 0 Å². The number of carbonyl (C=O) groups is 2. The van der Waals surface area contributed by atoms with Crippen molar-refractivity contribution in [3.8, 4) is 16.9 Å². The topological polar surface area (TPSA) is 100.0 Å². The second-order valence-electron chi connectivity index (χ2n) is 7.93. The average molecular weight is 493 g/mol. The third-order valence-electron chi connectivity index (χ3n) is 5.91. The summed E-state index contributed by atoms with van der Waals surface area (Å²) in [5.41, 5.74) is 3.14. The van der Waals surface area contributed by atoms with Gasteiger partial charge in [0, 0.05) is 34.4 Å². The van der Waals surface area contributed by atoms with Crippen molar-refractivity contribution in [1.82, 2.24) is 9.88 Å².